The third-order valence-electron chi connectivity index (χ3n) is 2.82. The van der Waals surface area contributed by atoms with Gasteiger partial charge in [0.15, 0.2) is 0 Å². The Balaban J connectivity index is 2.08. The van der Waals surface area contributed by atoms with Crippen LogP contribution in [-0.2, 0) is 10.0 Å². The summed E-state index contributed by atoms with van der Waals surface area (Å²) in [6.07, 6.45) is 6.72. The van der Waals surface area contributed by atoms with Crippen LogP contribution in [0.5, 0.6) is 0 Å². The topological polar surface area (TPSA) is 113 Å². The van der Waals surface area contributed by atoms with Gasteiger partial charge in [0.05, 0.1) is 18.6 Å². The minimum atomic E-state index is -3.67. The highest BCUT2D eigenvalue weighted by molar-refractivity contribution is 7.89. The highest BCUT2D eigenvalue weighted by Gasteiger charge is 2.19. The maximum Gasteiger partial charge on any atom is 0.244 e. The number of nitrogens with zero attached hydrogens (tertiary/aromatic N) is 3. The molecule has 0 aliphatic rings. The molecule has 0 aliphatic carbocycles. The standard InChI is InChI=1S/C12H18N6O2S/c1-3-4-13-12-14-7-11(8-15-12)21(19,20)18-9(2)10-5-16-17-6-10/h5-9,18H,3-4H2,1-2H3,(H,16,17)(H,13,14,15). The molecule has 0 spiro atoms. The van der Waals surface area contributed by atoms with E-state index in [1.807, 2.05) is 6.92 Å². The molecule has 2 heterocycles. The number of H-pyrrole nitrogens is 1. The first-order valence-corrected chi connectivity index (χ1v) is 8.08. The van der Waals surface area contributed by atoms with Crippen molar-refractivity contribution in [3.8, 4) is 0 Å². The third kappa shape index (κ3) is 3.99. The number of anilines is 1. The van der Waals surface area contributed by atoms with Crippen LogP contribution in [0.4, 0.5) is 5.95 Å². The van der Waals surface area contributed by atoms with Gasteiger partial charge in [0, 0.05) is 24.3 Å². The van der Waals surface area contributed by atoms with E-state index in [1.54, 1.807) is 19.3 Å². The molecule has 114 valence electrons. The second-order valence-corrected chi connectivity index (χ2v) is 6.26. The lowest BCUT2D eigenvalue weighted by atomic mass is 10.2. The molecule has 9 heteroatoms. The Kier molecular flexibility index (Phi) is 4.86. The zero-order valence-electron chi connectivity index (χ0n) is 11.9. The molecule has 0 amide bonds. The minimum Gasteiger partial charge on any atom is -0.354 e. The maximum atomic E-state index is 12.2. The van der Waals surface area contributed by atoms with Gasteiger partial charge >= 0.3 is 0 Å². The summed E-state index contributed by atoms with van der Waals surface area (Å²) in [7, 11) is -3.67. The fourth-order valence-electron chi connectivity index (χ4n) is 1.65. The molecule has 21 heavy (non-hydrogen) atoms. The Morgan fingerprint density at radius 1 is 1.29 bits per heavy atom. The number of hydrogen-bond donors (Lipinski definition) is 3. The Bertz CT molecular complexity index is 654. The number of nitrogens with one attached hydrogen (secondary N) is 3. The summed E-state index contributed by atoms with van der Waals surface area (Å²) in [4.78, 5) is 8.01. The van der Waals surface area contributed by atoms with Crippen LogP contribution in [0.15, 0.2) is 29.7 Å². The van der Waals surface area contributed by atoms with E-state index < -0.39 is 16.1 Å². The molecule has 0 fully saturated rings. The number of sulfonamides is 1. The van der Waals surface area contributed by atoms with Gasteiger partial charge in [-0.05, 0) is 13.3 Å². The molecule has 3 N–H and O–H groups in total. The first-order valence-electron chi connectivity index (χ1n) is 6.60. The summed E-state index contributed by atoms with van der Waals surface area (Å²) >= 11 is 0. The summed E-state index contributed by atoms with van der Waals surface area (Å²) in [5, 5.41) is 9.43. The Morgan fingerprint density at radius 3 is 2.57 bits per heavy atom. The number of hydrogen-bond acceptors (Lipinski definition) is 6. The predicted molar refractivity (Wildman–Crippen MR) is 78.1 cm³/mol. The first-order chi connectivity index (χ1) is 10.0. The largest absolute Gasteiger partial charge is 0.354 e. The monoisotopic (exact) mass is 310 g/mol. The average Bonchev–Trinajstić information content (AvgIpc) is 2.99. The summed E-state index contributed by atoms with van der Waals surface area (Å²) in [5.74, 6) is 0.415. The third-order valence-corrected chi connectivity index (χ3v) is 4.32. The van der Waals surface area contributed by atoms with Gasteiger partial charge in [-0.1, -0.05) is 6.92 Å². The molecule has 2 aromatic heterocycles. The lowest BCUT2D eigenvalue weighted by molar-refractivity contribution is 0.566. The number of aromatic amines is 1. The van der Waals surface area contributed by atoms with E-state index in [2.05, 4.69) is 30.2 Å². The Labute approximate surface area is 123 Å². The molecule has 1 unspecified atom stereocenters. The van der Waals surface area contributed by atoms with Crippen molar-refractivity contribution in [1.82, 2.24) is 24.9 Å². The van der Waals surface area contributed by atoms with Crippen LogP contribution in [0, 0.1) is 0 Å². The molecule has 8 nitrogen and oxygen atoms in total. The van der Waals surface area contributed by atoms with E-state index in [4.69, 9.17) is 0 Å². The van der Waals surface area contributed by atoms with Crippen molar-refractivity contribution in [2.45, 2.75) is 31.2 Å². The highest BCUT2D eigenvalue weighted by Crippen LogP contribution is 2.15. The van der Waals surface area contributed by atoms with E-state index >= 15 is 0 Å². The molecule has 2 aromatic rings. The van der Waals surface area contributed by atoms with Crippen molar-refractivity contribution in [3.63, 3.8) is 0 Å². The van der Waals surface area contributed by atoms with Gasteiger partial charge in [-0.15, -0.1) is 0 Å². The fraction of sp³-hybridized carbons (Fsp3) is 0.417. The van der Waals surface area contributed by atoms with Gasteiger partial charge < -0.3 is 5.32 Å². The number of aromatic nitrogens is 4. The van der Waals surface area contributed by atoms with Crippen molar-refractivity contribution in [1.29, 1.82) is 0 Å². The van der Waals surface area contributed by atoms with E-state index in [0.717, 1.165) is 18.5 Å². The van der Waals surface area contributed by atoms with E-state index in [0.29, 0.717) is 5.95 Å². The van der Waals surface area contributed by atoms with Crippen LogP contribution in [0.1, 0.15) is 31.9 Å². The zero-order valence-corrected chi connectivity index (χ0v) is 12.7. The van der Waals surface area contributed by atoms with Crippen LogP contribution in [0.25, 0.3) is 0 Å². The quantitative estimate of drug-likeness (QED) is 0.705. The Morgan fingerprint density at radius 2 is 2.00 bits per heavy atom. The molecule has 2 rings (SSSR count). The van der Waals surface area contributed by atoms with Crippen molar-refractivity contribution in [2.24, 2.45) is 0 Å². The van der Waals surface area contributed by atoms with E-state index in [-0.39, 0.29) is 4.90 Å². The smallest absolute Gasteiger partial charge is 0.244 e. The van der Waals surface area contributed by atoms with Crippen molar-refractivity contribution in [2.75, 3.05) is 11.9 Å². The maximum absolute atomic E-state index is 12.2. The van der Waals surface area contributed by atoms with Crippen LogP contribution >= 0.6 is 0 Å². The van der Waals surface area contributed by atoms with Crippen LogP contribution < -0.4 is 10.0 Å². The first kappa shape index (κ1) is 15.4. The molecule has 0 saturated heterocycles. The van der Waals surface area contributed by atoms with Gasteiger partial charge in [0.25, 0.3) is 0 Å². The molecular weight excluding hydrogens is 292 g/mol. The molecule has 0 bridgehead atoms. The van der Waals surface area contributed by atoms with Gasteiger partial charge in [0.1, 0.15) is 4.90 Å². The predicted octanol–water partition coefficient (Wildman–Crippen LogP) is 1.06. The lowest BCUT2D eigenvalue weighted by Crippen LogP contribution is -2.27. The van der Waals surface area contributed by atoms with Gasteiger partial charge in [-0.25, -0.2) is 23.1 Å². The SMILES string of the molecule is CCCNc1ncc(S(=O)(=O)NC(C)c2cn[nH]c2)cn1. The highest BCUT2D eigenvalue weighted by atomic mass is 32.2. The number of rotatable bonds is 7. The normalized spacial score (nSPS) is 13.0. The van der Waals surface area contributed by atoms with Crippen molar-refractivity contribution >= 4 is 16.0 Å². The summed E-state index contributed by atoms with van der Waals surface area (Å²) in [5.41, 5.74) is 0.751. The van der Waals surface area contributed by atoms with Crippen molar-refractivity contribution in [3.05, 3.63) is 30.4 Å². The Hall–Kier alpha value is -2.00. The van der Waals surface area contributed by atoms with E-state index in [9.17, 15) is 8.42 Å². The molecule has 0 aromatic carbocycles. The zero-order chi connectivity index (χ0) is 15.3. The van der Waals surface area contributed by atoms with Crippen LogP contribution in [0.2, 0.25) is 0 Å². The molecule has 0 radical (unpaired) electrons. The second-order valence-electron chi connectivity index (χ2n) is 4.54. The van der Waals surface area contributed by atoms with Gasteiger partial charge in [0.2, 0.25) is 16.0 Å². The van der Waals surface area contributed by atoms with Crippen LogP contribution in [0.3, 0.4) is 0 Å². The van der Waals surface area contributed by atoms with Gasteiger partial charge in [-0.2, -0.15) is 5.10 Å². The van der Waals surface area contributed by atoms with Gasteiger partial charge in [-0.3, -0.25) is 5.10 Å². The fourth-order valence-corrected chi connectivity index (χ4v) is 2.77. The minimum absolute atomic E-state index is 0.0277. The van der Waals surface area contributed by atoms with E-state index in [1.165, 1.54) is 12.4 Å². The molecule has 1 atom stereocenters. The molecular formula is C12H18N6O2S. The second kappa shape index (κ2) is 6.64. The average molecular weight is 310 g/mol. The summed E-state index contributed by atoms with van der Waals surface area (Å²) in [6, 6.07) is -0.397. The summed E-state index contributed by atoms with van der Waals surface area (Å²) in [6.45, 7) is 4.50. The van der Waals surface area contributed by atoms with Crippen LogP contribution in [-0.4, -0.2) is 35.1 Å². The lowest BCUT2D eigenvalue weighted by Gasteiger charge is -2.12. The molecule has 0 saturated carbocycles. The molecule has 0 aliphatic heterocycles. The van der Waals surface area contributed by atoms with Crippen molar-refractivity contribution < 1.29 is 8.42 Å². The summed E-state index contributed by atoms with van der Waals surface area (Å²) < 4.78 is 27.0.